The lowest BCUT2D eigenvalue weighted by Gasteiger charge is -2.25. The maximum atomic E-state index is 12.4. The molecule has 1 aromatic carbocycles. The van der Waals surface area contributed by atoms with Crippen molar-refractivity contribution in [2.24, 2.45) is 0 Å². The number of rotatable bonds is 9. The Labute approximate surface area is 176 Å². The molecule has 1 aliphatic rings. The number of aryl methyl sites for hydroxylation is 3. The van der Waals surface area contributed by atoms with Crippen molar-refractivity contribution in [3.8, 4) is 0 Å². The molecule has 0 bridgehead atoms. The summed E-state index contributed by atoms with van der Waals surface area (Å²) in [6.45, 7) is 1.57. The number of carbonyl (C=O) groups is 1. The first-order chi connectivity index (χ1) is 14.7. The van der Waals surface area contributed by atoms with Gasteiger partial charge in [-0.15, -0.1) is 10.2 Å². The Balaban J connectivity index is 1.20. The monoisotopic (exact) mass is 410 g/mol. The summed E-state index contributed by atoms with van der Waals surface area (Å²) in [5.74, 6) is 1.25. The van der Waals surface area contributed by atoms with Crippen molar-refractivity contribution < 1.29 is 13.9 Å². The average Bonchev–Trinajstić information content (AvgIpc) is 3.42. The smallest absolute Gasteiger partial charge is 0.222 e. The molecule has 0 radical (unpaired) electrons. The number of nitrogens with zero attached hydrogens (tertiary/aromatic N) is 3. The highest BCUT2D eigenvalue weighted by molar-refractivity contribution is 5.83. The van der Waals surface area contributed by atoms with E-state index < -0.39 is 0 Å². The van der Waals surface area contributed by atoms with E-state index in [4.69, 9.17) is 9.15 Å². The van der Waals surface area contributed by atoms with Crippen molar-refractivity contribution in [2.75, 3.05) is 20.2 Å². The van der Waals surface area contributed by atoms with Crippen molar-refractivity contribution >= 4 is 16.8 Å². The number of benzene rings is 1. The third-order valence-corrected chi connectivity index (χ3v) is 5.83. The Kier molecular flexibility index (Phi) is 6.79. The number of para-hydroxylation sites is 1. The van der Waals surface area contributed by atoms with Crippen LogP contribution in [0.2, 0.25) is 0 Å². The fraction of sp³-hybridized carbons (Fsp3) is 0.522. The number of carbonyl (C=O) groups excluding carboxylic acids is 1. The minimum absolute atomic E-state index is 0.101. The zero-order valence-electron chi connectivity index (χ0n) is 17.6. The molecule has 4 rings (SSSR count). The molecule has 0 aliphatic carbocycles. The molecule has 30 heavy (non-hydrogen) atoms. The molecule has 160 valence electrons. The molecule has 2 aromatic heterocycles. The largest absolute Gasteiger partial charge is 0.425 e. The van der Waals surface area contributed by atoms with Crippen molar-refractivity contribution in [3.63, 3.8) is 0 Å². The maximum Gasteiger partial charge on any atom is 0.222 e. The molecule has 0 unspecified atom stereocenters. The van der Waals surface area contributed by atoms with Gasteiger partial charge in [0, 0.05) is 56.6 Å². The highest BCUT2D eigenvalue weighted by Gasteiger charge is 2.17. The van der Waals surface area contributed by atoms with Gasteiger partial charge in [0.05, 0.1) is 6.10 Å². The van der Waals surface area contributed by atoms with Crippen LogP contribution in [0.4, 0.5) is 0 Å². The van der Waals surface area contributed by atoms with Crippen LogP contribution >= 0.6 is 0 Å². The third kappa shape index (κ3) is 5.27. The zero-order chi connectivity index (χ0) is 20.8. The maximum absolute atomic E-state index is 12.4. The van der Waals surface area contributed by atoms with Gasteiger partial charge in [-0.1, -0.05) is 18.2 Å². The van der Waals surface area contributed by atoms with E-state index in [1.807, 2.05) is 25.4 Å². The Morgan fingerprint density at radius 1 is 1.17 bits per heavy atom. The average molecular weight is 411 g/mol. The van der Waals surface area contributed by atoms with Crippen molar-refractivity contribution in [1.29, 1.82) is 0 Å². The van der Waals surface area contributed by atoms with Crippen LogP contribution in [0.15, 0.2) is 34.9 Å². The van der Waals surface area contributed by atoms with Crippen LogP contribution in [0, 0.1) is 0 Å². The number of aromatic nitrogens is 3. The molecule has 0 spiro atoms. The van der Waals surface area contributed by atoms with Crippen LogP contribution < -0.4 is 0 Å². The van der Waals surface area contributed by atoms with Crippen molar-refractivity contribution in [3.05, 3.63) is 47.8 Å². The van der Waals surface area contributed by atoms with Gasteiger partial charge in [-0.25, -0.2) is 0 Å². The number of aromatic amines is 1. The number of nitrogens with one attached hydrogen (secondary N) is 1. The summed E-state index contributed by atoms with van der Waals surface area (Å²) in [5, 5.41) is 9.49. The predicted molar refractivity (Wildman–Crippen MR) is 114 cm³/mol. The van der Waals surface area contributed by atoms with Gasteiger partial charge in [0.1, 0.15) is 0 Å². The Morgan fingerprint density at radius 3 is 2.83 bits per heavy atom. The van der Waals surface area contributed by atoms with Gasteiger partial charge in [-0.3, -0.25) is 4.79 Å². The molecule has 7 heteroatoms. The first kappa shape index (κ1) is 20.6. The molecular formula is C23H30N4O3. The SMILES string of the molecule is CN(CC[C@H]1CCCCO1)C(=O)CCc1nnc(CCc2c[nH]c3ccccc23)o1. The summed E-state index contributed by atoms with van der Waals surface area (Å²) in [5.41, 5.74) is 2.38. The van der Waals surface area contributed by atoms with Crippen molar-refractivity contribution in [1.82, 2.24) is 20.1 Å². The second-order valence-electron chi connectivity index (χ2n) is 8.04. The first-order valence-corrected chi connectivity index (χ1v) is 10.9. The summed E-state index contributed by atoms with van der Waals surface area (Å²) < 4.78 is 11.5. The molecule has 3 heterocycles. The summed E-state index contributed by atoms with van der Waals surface area (Å²) in [7, 11) is 1.85. The fourth-order valence-corrected chi connectivity index (χ4v) is 3.97. The van der Waals surface area contributed by atoms with Gasteiger partial charge in [0.25, 0.3) is 0 Å². The van der Waals surface area contributed by atoms with Crippen molar-refractivity contribution in [2.45, 2.75) is 57.5 Å². The molecule has 0 saturated carbocycles. The van der Waals surface area contributed by atoms with E-state index >= 15 is 0 Å². The summed E-state index contributed by atoms with van der Waals surface area (Å²) in [4.78, 5) is 17.5. The van der Waals surface area contributed by atoms with Gasteiger partial charge in [-0.05, 0) is 43.7 Å². The number of amides is 1. The number of H-pyrrole nitrogens is 1. The minimum Gasteiger partial charge on any atom is -0.425 e. The molecule has 1 atom stereocenters. The predicted octanol–water partition coefficient (Wildman–Crippen LogP) is 3.69. The lowest BCUT2D eigenvalue weighted by atomic mass is 10.1. The normalized spacial score (nSPS) is 16.8. The van der Waals surface area contributed by atoms with Gasteiger partial charge in [0.15, 0.2) is 0 Å². The molecule has 1 fully saturated rings. The van der Waals surface area contributed by atoms with Gasteiger partial charge >= 0.3 is 0 Å². The Morgan fingerprint density at radius 2 is 2.00 bits per heavy atom. The van der Waals surface area contributed by atoms with E-state index in [9.17, 15) is 4.79 Å². The lowest BCUT2D eigenvalue weighted by molar-refractivity contribution is -0.130. The first-order valence-electron chi connectivity index (χ1n) is 10.9. The Hall–Kier alpha value is -2.67. The number of ether oxygens (including phenoxy) is 1. The summed E-state index contributed by atoms with van der Waals surface area (Å²) >= 11 is 0. The second-order valence-corrected chi connectivity index (χ2v) is 8.04. The van der Waals surface area contributed by atoms with Crippen LogP contribution in [-0.4, -0.2) is 52.3 Å². The van der Waals surface area contributed by atoms with E-state index in [1.165, 1.54) is 17.4 Å². The lowest BCUT2D eigenvalue weighted by Crippen LogP contribution is -2.31. The van der Waals surface area contributed by atoms with Gasteiger partial charge < -0.3 is 19.0 Å². The Bertz CT molecular complexity index is 958. The fourth-order valence-electron chi connectivity index (χ4n) is 3.97. The van der Waals surface area contributed by atoms with E-state index in [2.05, 4.69) is 27.3 Å². The van der Waals surface area contributed by atoms with E-state index in [0.29, 0.717) is 37.1 Å². The molecule has 7 nitrogen and oxygen atoms in total. The number of hydrogen-bond donors (Lipinski definition) is 1. The topological polar surface area (TPSA) is 84.2 Å². The second kappa shape index (κ2) is 9.89. The molecule has 1 saturated heterocycles. The van der Waals surface area contributed by atoms with Gasteiger partial charge in [-0.2, -0.15) is 0 Å². The number of fused-ring (bicyclic) bond motifs is 1. The van der Waals surface area contributed by atoms with E-state index in [-0.39, 0.29) is 5.91 Å². The van der Waals surface area contributed by atoms with Crippen LogP contribution in [0.1, 0.15) is 49.4 Å². The van der Waals surface area contributed by atoms with Crippen LogP contribution in [-0.2, 0) is 28.8 Å². The molecule has 1 amide bonds. The zero-order valence-corrected chi connectivity index (χ0v) is 17.6. The van der Waals surface area contributed by atoms with E-state index in [0.717, 1.165) is 44.4 Å². The van der Waals surface area contributed by atoms with Crippen LogP contribution in [0.5, 0.6) is 0 Å². The molecule has 3 aromatic rings. The standard InChI is InChI=1S/C23H30N4O3/c1-27(14-13-18-6-4-5-15-29-18)23(28)12-11-22-26-25-21(30-22)10-9-17-16-24-20-8-3-2-7-19(17)20/h2-3,7-8,16,18,24H,4-6,9-15H2,1H3/t18-/m1/s1. The quantitative estimate of drug-likeness (QED) is 0.582. The molecule has 1 N–H and O–H groups in total. The third-order valence-electron chi connectivity index (χ3n) is 5.83. The highest BCUT2D eigenvalue weighted by atomic mass is 16.5. The molecule has 1 aliphatic heterocycles. The van der Waals surface area contributed by atoms with Crippen LogP contribution in [0.25, 0.3) is 10.9 Å². The number of hydrogen-bond acceptors (Lipinski definition) is 5. The highest BCUT2D eigenvalue weighted by Crippen LogP contribution is 2.19. The summed E-state index contributed by atoms with van der Waals surface area (Å²) in [6.07, 6.45) is 9.09. The minimum atomic E-state index is 0.101. The molecular weight excluding hydrogens is 380 g/mol. The van der Waals surface area contributed by atoms with Crippen LogP contribution in [0.3, 0.4) is 0 Å². The van der Waals surface area contributed by atoms with Gasteiger partial charge in [0.2, 0.25) is 17.7 Å². The summed E-state index contributed by atoms with van der Waals surface area (Å²) in [6, 6.07) is 8.25. The van der Waals surface area contributed by atoms with E-state index in [1.54, 1.807) is 4.90 Å².